The van der Waals surface area contributed by atoms with E-state index in [2.05, 4.69) is 41.9 Å². The van der Waals surface area contributed by atoms with Crippen LogP contribution in [-0.4, -0.2) is 56.7 Å². The van der Waals surface area contributed by atoms with Gasteiger partial charge in [0.2, 0.25) is 0 Å². The first-order valence-corrected chi connectivity index (χ1v) is 11.5. The third-order valence-electron chi connectivity index (χ3n) is 4.96. The van der Waals surface area contributed by atoms with Crippen LogP contribution >= 0.6 is 11.3 Å². The van der Waals surface area contributed by atoms with Gasteiger partial charge >= 0.3 is 0 Å². The lowest BCUT2D eigenvalue weighted by molar-refractivity contribution is 0.170. The summed E-state index contributed by atoms with van der Waals surface area (Å²) in [6, 6.07) is 12.1. The van der Waals surface area contributed by atoms with Crippen LogP contribution in [0.1, 0.15) is 10.4 Å². The lowest BCUT2D eigenvalue weighted by Crippen LogP contribution is -2.44. The summed E-state index contributed by atoms with van der Waals surface area (Å²) in [6.45, 7) is 16.9. The Labute approximate surface area is 197 Å². The molecule has 1 N–H and O–H groups in total. The average molecular weight is 454 g/mol. The molecule has 1 aromatic carbocycles. The molecule has 1 aromatic heterocycles. The maximum atomic E-state index is 5.84. The second kappa shape index (κ2) is 14.2. The molecule has 0 atom stereocenters. The number of benzene rings is 1. The molecular weight excluding hydrogens is 418 g/mol. The molecule has 0 aliphatic carbocycles. The Morgan fingerprint density at radius 3 is 2.44 bits per heavy atom. The SMILES string of the molecule is C=C(/C=C/c1ccc(OCC(=C)N2CCN(C)CC2)cc1)NC.C=COCc1cccs1. The fourth-order valence-electron chi connectivity index (χ4n) is 2.87. The van der Waals surface area contributed by atoms with Gasteiger partial charge in [-0.25, -0.2) is 0 Å². The lowest BCUT2D eigenvalue weighted by atomic mass is 10.2. The molecule has 1 aliphatic heterocycles. The predicted molar refractivity (Wildman–Crippen MR) is 137 cm³/mol. The second-order valence-corrected chi connectivity index (χ2v) is 8.41. The largest absolute Gasteiger partial charge is 0.496 e. The first-order valence-electron chi connectivity index (χ1n) is 10.7. The third kappa shape index (κ3) is 9.45. The van der Waals surface area contributed by atoms with Crippen molar-refractivity contribution < 1.29 is 9.47 Å². The van der Waals surface area contributed by atoms with Gasteiger partial charge in [0.05, 0.1) is 6.26 Å². The van der Waals surface area contributed by atoms with E-state index in [0.717, 1.165) is 48.9 Å². The summed E-state index contributed by atoms with van der Waals surface area (Å²) < 4.78 is 10.8. The van der Waals surface area contributed by atoms with Crippen molar-refractivity contribution in [2.75, 3.05) is 46.9 Å². The van der Waals surface area contributed by atoms with Crippen molar-refractivity contribution in [2.24, 2.45) is 0 Å². The van der Waals surface area contributed by atoms with Crippen LogP contribution in [0.3, 0.4) is 0 Å². The van der Waals surface area contributed by atoms with E-state index in [-0.39, 0.29) is 0 Å². The van der Waals surface area contributed by atoms with Gasteiger partial charge in [0, 0.05) is 49.5 Å². The molecule has 6 heteroatoms. The van der Waals surface area contributed by atoms with Crippen LogP contribution in [0.2, 0.25) is 0 Å². The molecule has 0 spiro atoms. The Morgan fingerprint density at radius 1 is 1.12 bits per heavy atom. The van der Waals surface area contributed by atoms with Gasteiger partial charge in [0.15, 0.2) is 0 Å². The van der Waals surface area contributed by atoms with E-state index in [1.807, 2.05) is 61.0 Å². The van der Waals surface area contributed by atoms with Gasteiger partial charge in [-0.2, -0.15) is 0 Å². The molecule has 32 heavy (non-hydrogen) atoms. The summed E-state index contributed by atoms with van der Waals surface area (Å²) in [5, 5.41) is 5.02. The molecule has 3 rings (SSSR count). The molecule has 2 heterocycles. The van der Waals surface area contributed by atoms with Crippen molar-refractivity contribution in [3.05, 3.63) is 95.7 Å². The maximum Gasteiger partial charge on any atom is 0.127 e. The maximum absolute atomic E-state index is 5.84. The monoisotopic (exact) mass is 453 g/mol. The zero-order valence-corrected chi connectivity index (χ0v) is 20.1. The van der Waals surface area contributed by atoms with Gasteiger partial charge in [-0.15, -0.1) is 11.3 Å². The second-order valence-electron chi connectivity index (χ2n) is 7.38. The molecule has 0 bridgehead atoms. The molecule has 2 aromatic rings. The van der Waals surface area contributed by atoms with E-state index in [0.29, 0.717) is 13.2 Å². The third-order valence-corrected chi connectivity index (χ3v) is 5.81. The summed E-state index contributed by atoms with van der Waals surface area (Å²) in [5.74, 6) is 0.866. The van der Waals surface area contributed by atoms with Crippen LogP contribution in [0.25, 0.3) is 6.08 Å². The van der Waals surface area contributed by atoms with Gasteiger partial charge in [-0.3, -0.25) is 0 Å². The Morgan fingerprint density at radius 2 is 1.84 bits per heavy atom. The van der Waals surface area contributed by atoms with Gasteiger partial charge in [-0.05, 0) is 42.3 Å². The average Bonchev–Trinajstić information content (AvgIpc) is 3.35. The van der Waals surface area contributed by atoms with Crippen molar-refractivity contribution in [3.63, 3.8) is 0 Å². The van der Waals surface area contributed by atoms with Gasteiger partial charge in [-0.1, -0.05) is 44.0 Å². The lowest BCUT2D eigenvalue weighted by Gasteiger charge is -2.35. The highest BCUT2D eigenvalue weighted by molar-refractivity contribution is 7.09. The highest BCUT2D eigenvalue weighted by atomic mass is 32.1. The molecular formula is C26H35N3O2S. The zero-order valence-electron chi connectivity index (χ0n) is 19.3. The van der Waals surface area contributed by atoms with Crippen LogP contribution in [0.15, 0.2) is 85.2 Å². The molecule has 1 saturated heterocycles. The van der Waals surface area contributed by atoms with Crippen molar-refractivity contribution in [3.8, 4) is 5.75 Å². The van der Waals surface area contributed by atoms with Crippen molar-refractivity contribution in [1.29, 1.82) is 0 Å². The van der Waals surface area contributed by atoms with Crippen molar-refractivity contribution in [1.82, 2.24) is 15.1 Å². The fourth-order valence-corrected chi connectivity index (χ4v) is 3.50. The summed E-state index contributed by atoms with van der Waals surface area (Å²) in [7, 11) is 4.01. The van der Waals surface area contributed by atoms with E-state index in [9.17, 15) is 0 Å². The van der Waals surface area contributed by atoms with E-state index < -0.39 is 0 Å². The molecule has 1 fully saturated rings. The minimum absolute atomic E-state index is 0.537. The Kier molecular flexibility index (Phi) is 11.2. The number of hydrogen-bond acceptors (Lipinski definition) is 6. The number of thiophene rings is 1. The van der Waals surface area contributed by atoms with Crippen LogP contribution in [0.5, 0.6) is 5.75 Å². The molecule has 5 nitrogen and oxygen atoms in total. The summed E-state index contributed by atoms with van der Waals surface area (Å²) in [4.78, 5) is 5.87. The minimum Gasteiger partial charge on any atom is -0.496 e. The first-order chi connectivity index (χ1) is 15.5. The van der Waals surface area contributed by atoms with Crippen LogP contribution in [0.4, 0.5) is 0 Å². The van der Waals surface area contributed by atoms with Gasteiger partial charge < -0.3 is 24.6 Å². The van der Waals surface area contributed by atoms with E-state index in [1.165, 1.54) is 11.1 Å². The fraction of sp³-hybridized carbons (Fsp3) is 0.308. The van der Waals surface area contributed by atoms with Crippen LogP contribution in [-0.2, 0) is 11.3 Å². The standard InChI is InChI=1S/C19H27N3O.C7H8OS/c1-16(20-3)5-6-18-7-9-19(10-8-18)23-15-17(2)22-13-11-21(4)12-14-22;1-2-8-6-7-4-3-5-9-7/h5-10,20H,1-2,11-15H2,3-4H3;2-5H,1,6H2/b6-5+;. The van der Waals surface area contributed by atoms with Crippen molar-refractivity contribution in [2.45, 2.75) is 6.61 Å². The Hall–Kier alpha value is -2.96. The van der Waals surface area contributed by atoms with Crippen molar-refractivity contribution >= 4 is 17.4 Å². The van der Waals surface area contributed by atoms with E-state index in [4.69, 9.17) is 9.47 Å². The quantitative estimate of drug-likeness (QED) is 0.406. The number of allylic oxidation sites excluding steroid dienone is 1. The number of nitrogens with one attached hydrogen (secondary N) is 1. The Balaban J connectivity index is 0.000000336. The van der Waals surface area contributed by atoms with E-state index >= 15 is 0 Å². The number of piperazine rings is 1. The summed E-state index contributed by atoms with van der Waals surface area (Å²) in [5.41, 5.74) is 3.05. The molecule has 1 aliphatic rings. The van der Waals surface area contributed by atoms with Gasteiger partial charge in [0.25, 0.3) is 0 Å². The normalized spacial score (nSPS) is 13.8. The van der Waals surface area contributed by atoms with Gasteiger partial charge in [0.1, 0.15) is 19.0 Å². The number of ether oxygens (including phenoxy) is 2. The number of likely N-dealkylation sites (N-methyl/N-ethyl adjacent to an activating group) is 2. The smallest absolute Gasteiger partial charge is 0.127 e. The number of rotatable bonds is 10. The molecule has 0 amide bonds. The molecule has 172 valence electrons. The minimum atomic E-state index is 0.537. The summed E-state index contributed by atoms with van der Waals surface area (Å²) in [6.07, 6.45) is 5.43. The summed E-state index contributed by atoms with van der Waals surface area (Å²) >= 11 is 1.69. The molecule has 0 radical (unpaired) electrons. The number of nitrogens with zero attached hydrogens (tertiary/aromatic N) is 2. The molecule has 0 unspecified atom stereocenters. The Bertz CT molecular complexity index is 852. The zero-order chi connectivity index (χ0) is 23.2. The number of hydrogen-bond donors (Lipinski definition) is 1. The van der Waals surface area contributed by atoms with Crippen LogP contribution < -0.4 is 10.1 Å². The van der Waals surface area contributed by atoms with E-state index in [1.54, 1.807) is 11.3 Å². The predicted octanol–water partition coefficient (Wildman–Crippen LogP) is 4.98. The highest BCUT2D eigenvalue weighted by Crippen LogP contribution is 2.16. The topological polar surface area (TPSA) is 37.0 Å². The highest BCUT2D eigenvalue weighted by Gasteiger charge is 2.15. The first kappa shape index (κ1) is 25.3. The van der Waals surface area contributed by atoms with Crippen LogP contribution in [0, 0.1) is 0 Å². The molecule has 0 saturated carbocycles.